The van der Waals surface area contributed by atoms with Crippen LogP contribution in [0, 0.1) is 5.92 Å². The van der Waals surface area contributed by atoms with Crippen LogP contribution < -0.4 is 0 Å². The maximum Gasteiger partial charge on any atom is 0.399 e. The molecule has 3 nitrogen and oxygen atoms in total. The van der Waals surface area contributed by atoms with Gasteiger partial charge in [0.1, 0.15) is 10.8 Å². The predicted octanol–water partition coefficient (Wildman–Crippen LogP) is 3.70. The second kappa shape index (κ2) is 6.18. The van der Waals surface area contributed by atoms with Crippen molar-refractivity contribution in [1.29, 1.82) is 0 Å². The molecule has 0 aliphatic heterocycles. The van der Waals surface area contributed by atoms with Gasteiger partial charge < -0.3 is 4.74 Å². The van der Waals surface area contributed by atoms with Crippen LogP contribution in [0.4, 0.5) is 13.2 Å². The minimum Gasteiger partial charge on any atom is -0.465 e. The molecule has 0 saturated heterocycles. The maximum absolute atomic E-state index is 12.8. The summed E-state index contributed by atoms with van der Waals surface area (Å²) >= 11 is 0.720. The third-order valence-corrected chi connectivity index (χ3v) is 3.60. The first-order chi connectivity index (χ1) is 8.81. The fraction of sp³-hybridized carbons (Fsp3) is 0.500. The van der Waals surface area contributed by atoms with E-state index in [0.29, 0.717) is 0 Å². The molecular weight excluding hydrogens is 281 g/mol. The lowest BCUT2D eigenvalue weighted by atomic mass is 9.97. The van der Waals surface area contributed by atoms with Gasteiger partial charge in [0, 0.05) is 0 Å². The lowest BCUT2D eigenvalue weighted by Gasteiger charge is -2.17. The monoisotopic (exact) mass is 294 g/mol. The number of methoxy groups -OCH3 is 1. The Labute approximate surface area is 112 Å². The highest BCUT2D eigenvalue weighted by Gasteiger charge is 2.44. The summed E-state index contributed by atoms with van der Waals surface area (Å²) < 4.78 is 42.7. The van der Waals surface area contributed by atoms with E-state index in [1.807, 2.05) is 0 Å². The minimum absolute atomic E-state index is 0.0730. The smallest absolute Gasteiger partial charge is 0.399 e. The molecule has 1 heterocycles. The highest BCUT2D eigenvalue weighted by atomic mass is 32.1. The van der Waals surface area contributed by atoms with Crippen molar-refractivity contribution < 1.29 is 27.5 Å². The van der Waals surface area contributed by atoms with E-state index < -0.39 is 23.8 Å². The first kappa shape index (κ1) is 15.7. The summed E-state index contributed by atoms with van der Waals surface area (Å²) in [5.74, 6) is -3.67. The lowest BCUT2D eigenvalue weighted by molar-refractivity contribution is -0.162. The molecular formula is C12H13F3O3S. The van der Waals surface area contributed by atoms with Crippen LogP contribution in [0.2, 0.25) is 0 Å². The summed E-state index contributed by atoms with van der Waals surface area (Å²) in [6, 6.07) is 2.52. The highest BCUT2D eigenvalue weighted by molar-refractivity contribution is 7.15. The Bertz CT molecular complexity index is 465. The van der Waals surface area contributed by atoms with Gasteiger partial charge in [0.15, 0.2) is 5.78 Å². The molecule has 0 aromatic carbocycles. The number of hydrogen-bond acceptors (Lipinski definition) is 4. The summed E-state index contributed by atoms with van der Waals surface area (Å²) in [6.45, 7) is 1.58. The zero-order valence-electron chi connectivity index (χ0n) is 10.4. The second-order valence-corrected chi connectivity index (χ2v) is 4.99. The molecule has 0 bridgehead atoms. The summed E-state index contributed by atoms with van der Waals surface area (Å²) in [6.07, 6.45) is -4.57. The second-order valence-electron chi connectivity index (χ2n) is 3.90. The number of alkyl halides is 3. The molecule has 106 valence electrons. The molecule has 19 heavy (non-hydrogen) atoms. The first-order valence-electron chi connectivity index (χ1n) is 5.60. The number of ketones is 1. The molecule has 1 aromatic heterocycles. The fourth-order valence-electron chi connectivity index (χ4n) is 1.58. The molecule has 1 unspecified atom stereocenters. The number of esters is 1. The fourth-order valence-corrected chi connectivity index (χ4v) is 2.50. The van der Waals surface area contributed by atoms with Gasteiger partial charge in [-0.15, -0.1) is 11.3 Å². The summed E-state index contributed by atoms with van der Waals surface area (Å²) in [5, 5.41) is 0. The quantitative estimate of drug-likeness (QED) is 0.614. The maximum atomic E-state index is 12.8. The van der Waals surface area contributed by atoms with Crippen LogP contribution >= 0.6 is 11.3 Å². The Morgan fingerprint density at radius 2 is 1.89 bits per heavy atom. The van der Waals surface area contributed by atoms with Crippen LogP contribution in [0.25, 0.3) is 0 Å². The van der Waals surface area contributed by atoms with Gasteiger partial charge in [-0.25, -0.2) is 4.79 Å². The topological polar surface area (TPSA) is 43.4 Å². The van der Waals surface area contributed by atoms with Crippen LogP contribution in [0.3, 0.4) is 0 Å². The minimum atomic E-state index is -4.57. The lowest BCUT2D eigenvalue weighted by Crippen LogP contribution is -2.30. The Balaban J connectivity index is 2.97. The van der Waals surface area contributed by atoms with Crippen LogP contribution in [-0.2, 0) is 4.74 Å². The molecule has 7 heteroatoms. The molecule has 0 spiro atoms. The highest BCUT2D eigenvalue weighted by Crippen LogP contribution is 2.34. The molecule has 0 aliphatic rings. The third-order valence-electron chi connectivity index (χ3n) is 2.52. The van der Waals surface area contributed by atoms with Gasteiger partial charge in [0.25, 0.3) is 0 Å². The van der Waals surface area contributed by atoms with E-state index >= 15 is 0 Å². The van der Waals surface area contributed by atoms with Crippen LogP contribution in [-0.4, -0.2) is 25.0 Å². The van der Waals surface area contributed by atoms with Crippen molar-refractivity contribution in [3.8, 4) is 0 Å². The van der Waals surface area contributed by atoms with E-state index in [9.17, 15) is 22.8 Å². The van der Waals surface area contributed by atoms with E-state index in [0.717, 1.165) is 11.3 Å². The van der Waals surface area contributed by atoms with Gasteiger partial charge in [0.2, 0.25) is 0 Å². The standard InChI is InChI=1S/C12H13F3O3S/c1-3-4-7(12(13,14)15)10(16)8-5-6-9(19-8)11(17)18-2/h5-7H,3-4H2,1-2H3. The Kier molecular flexibility index (Phi) is 5.11. The van der Waals surface area contributed by atoms with E-state index in [1.54, 1.807) is 6.92 Å². The van der Waals surface area contributed by atoms with Gasteiger partial charge in [-0.2, -0.15) is 13.2 Å². The van der Waals surface area contributed by atoms with Crippen molar-refractivity contribution in [3.63, 3.8) is 0 Å². The number of carbonyl (C=O) groups is 2. The number of ether oxygens (including phenoxy) is 1. The predicted molar refractivity (Wildman–Crippen MR) is 64.4 cm³/mol. The van der Waals surface area contributed by atoms with E-state index in [2.05, 4.69) is 4.74 Å². The molecule has 1 rings (SSSR count). The summed E-state index contributed by atoms with van der Waals surface area (Å²) in [5.41, 5.74) is 0. The number of halogens is 3. The third kappa shape index (κ3) is 3.79. The van der Waals surface area contributed by atoms with Crippen LogP contribution in [0.1, 0.15) is 39.1 Å². The number of thiophene rings is 1. The number of rotatable bonds is 5. The van der Waals surface area contributed by atoms with Crippen molar-refractivity contribution in [1.82, 2.24) is 0 Å². The van der Waals surface area contributed by atoms with Crippen molar-refractivity contribution in [2.75, 3.05) is 7.11 Å². The Hall–Kier alpha value is -1.37. The molecule has 0 N–H and O–H groups in total. The van der Waals surface area contributed by atoms with Gasteiger partial charge in [-0.1, -0.05) is 13.3 Å². The van der Waals surface area contributed by atoms with Gasteiger partial charge in [-0.3, -0.25) is 4.79 Å². The van der Waals surface area contributed by atoms with Crippen molar-refractivity contribution in [2.45, 2.75) is 25.9 Å². The molecule has 0 saturated carbocycles. The molecule has 0 amide bonds. The molecule has 0 aliphatic carbocycles. The molecule has 1 atom stereocenters. The molecule has 1 aromatic rings. The Morgan fingerprint density at radius 1 is 1.32 bits per heavy atom. The summed E-state index contributed by atoms with van der Waals surface area (Å²) in [4.78, 5) is 23.1. The number of hydrogen-bond donors (Lipinski definition) is 0. The molecule has 0 radical (unpaired) electrons. The number of Topliss-reactive ketones (excluding diaryl/α,β-unsaturated/α-hetero) is 1. The van der Waals surface area contributed by atoms with Crippen molar-refractivity contribution in [3.05, 3.63) is 21.9 Å². The van der Waals surface area contributed by atoms with E-state index in [4.69, 9.17) is 0 Å². The van der Waals surface area contributed by atoms with Crippen LogP contribution in [0.5, 0.6) is 0 Å². The van der Waals surface area contributed by atoms with E-state index in [1.165, 1.54) is 19.2 Å². The van der Waals surface area contributed by atoms with Crippen LogP contribution in [0.15, 0.2) is 12.1 Å². The summed E-state index contributed by atoms with van der Waals surface area (Å²) in [7, 11) is 1.17. The zero-order chi connectivity index (χ0) is 14.6. The molecule has 0 fully saturated rings. The number of carbonyl (C=O) groups excluding carboxylic acids is 2. The normalized spacial score (nSPS) is 13.1. The first-order valence-corrected chi connectivity index (χ1v) is 6.42. The average Bonchev–Trinajstić information content (AvgIpc) is 2.82. The largest absolute Gasteiger partial charge is 0.465 e. The SMILES string of the molecule is CCCC(C(=O)c1ccc(C(=O)OC)s1)C(F)(F)F. The van der Waals surface area contributed by atoms with Gasteiger partial charge in [-0.05, 0) is 18.6 Å². The average molecular weight is 294 g/mol. The van der Waals surface area contributed by atoms with Crippen molar-refractivity contribution >= 4 is 23.1 Å². The van der Waals surface area contributed by atoms with Crippen molar-refractivity contribution in [2.24, 2.45) is 5.92 Å². The van der Waals surface area contributed by atoms with Gasteiger partial charge in [0.05, 0.1) is 12.0 Å². The zero-order valence-corrected chi connectivity index (χ0v) is 11.2. The van der Waals surface area contributed by atoms with Gasteiger partial charge >= 0.3 is 12.1 Å². The Morgan fingerprint density at radius 3 is 2.37 bits per heavy atom. The van der Waals surface area contributed by atoms with E-state index in [-0.39, 0.29) is 22.6 Å².